The highest BCUT2D eigenvalue weighted by molar-refractivity contribution is 6.53. The van der Waals surface area contributed by atoms with Crippen LogP contribution in [-0.2, 0) is 19.1 Å². The molecular formula is C29H24ClN3O7. The standard InChI is InChI=1S/C29H24ClN3O7/c1-16(2)40-29(38)17-10-12-22(13-11-17)33-26(35)23(30)24(27(33)36)31-20-8-4-6-18(14-20)25(34)32-21-9-5-7-19(15-21)28(37)39-3/h4-16,31H,1-3H3,(H,32,34). The molecule has 4 rings (SSSR count). The van der Waals surface area contributed by atoms with Crippen LogP contribution < -0.4 is 15.5 Å². The Bertz CT molecular complexity index is 1550. The third kappa shape index (κ3) is 6.02. The van der Waals surface area contributed by atoms with E-state index in [-0.39, 0.29) is 39.2 Å². The molecule has 0 bridgehead atoms. The van der Waals surface area contributed by atoms with Gasteiger partial charge in [-0.15, -0.1) is 0 Å². The van der Waals surface area contributed by atoms with Crippen molar-refractivity contribution in [1.82, 2.24) is 0 Å². The summed E-state index contributed by atoms with van der Waals surface area (Å²) in [7, 11) is 1.26. The second-order valence-corrected chi connectivity index (χ2v) is 9.25. The summed E-state index contributed by atoms with van der Waals surface area (Å²) >= 11 is 6.23. The monoisotopic (exact) mass is 561 g/mol. The number of amides is 3. The molecule has 11 heteroatoms. The first-order valence-electron chi connectivity index (χ1n) is 12.1. The minimum Gasteiger partial charge on any atom is -0.465 e. The van der Waals surface area contributed by atoms with E-state index in [0.717, 1.165) is 4.90 Å². The molecule has 0 fully saturated rings. The number of nitrogens with zero attached hydrogens (tertiary/aromatic N) is 1. The van der Waals surface area contributed by atoms with E-state index in [0.29, 0.717) is 11.4 Å². The normalized spacial score (nSPS) is 13.0. The lowest BCUT2D eigenvalue weighted by Crippen LogP contribution is -2.32. The van der Waals surface area contributed by atoms with Crippen molar-refractivity contribution in [3.63, 3.8) is 0 Å². The van der Waals surface area contributed by atoms with E-state index in [4.69, 9.17) is 21.1 Å². The van der Waals surface area contributed by atoms with E-state index < -0.39 is 29.7 Å². The number of hydrogen-bond acceptors (Lipinski definition) is 8. The minimum atomic E-state index is -0.744. The van der Waals surface area contributed by atoms with Gasteiger partial charge in [-0.05, 0) is 74.5 Å². The average Bonchev–Trinajstić information content (AvgIpc) is 3.15. The van der Waals surface area contributed by atoms with Crippen LogP contribution in [0, 0.1) is 0 Å². The highest BCUT2D eigenvalue weighted by Crippen LogP contribution is 2.30. The molecule has 3 aromatic rings. The Labute approximate surface area is 234 Å². The van der Waals surface area contributed by atoms with Gasteiger partial charge in [-0.2, -0.15) is 0 Å². The molecule has 0 aliphatic carbocycles. The van der Waals surface area contributed by atoms with Crippen molar-refractivity contribution in [1.29, 1.82) is 0 Å². The van der Waals surface area contributed by atoms with Gasteiger partial charge in [0.2, 0.25) is 0 Å². The molecule has 0 aromatic heterocycles. The Balaban J connectivity index is 1.48. The number of rotatable bonds is 8. The largest absolute Gasteiger partial charge is 0.465 e. The van der Waals surface area contributed by atoms with Gasteiger partial charge in [0.1, 0.15) is 10.7 Å². The molecule has 3 aromatic carbocycles. The summed E-state index contributed by atoms with van der Waals surface area (Å²) in [4.78, 5) is 63.6. The molecular weight excluding hydrogens is 538 g/mol. The van der Waals surface area contributed by atoms with Crippen LogP contribution >= 0.6 is 11.6 Å². The second-order valence-electron chi connectivity index (χ2n) is 8.87. The number of ether oxygens (including phenoxy) is 2. The lowest BCUT2D eigenvalue weighted by Gasteiger charge is -2.16. The average molecular weight is 562 g/mol. The van der Waals surface area contributed by atoms with Crippen LogP contribution in [0.5, 0.6) is 0 Å². The Morgan fingerprint density at radius 1 is 0.800 bits per heavy atom. The molecule has 0 unspecified atom stereocenters. The number of carbonyl (C=O) groups is 5. The fourth-order valence-electron chi connectivity index (χ4n) is 3.80. The van der Waals surface area contributed by atoms with E-state index >= 15 is 0 Å². The van der Waals surface area contributed by atoms with Crippen LogP contribution in [0.15, 0.2) is 83.5 Å². The van der Waals surface area contributed by atoms with Crippen molar-refractivity contribution in [3.05, 3.63) is 100 Å². The molecule has 3 amide bonds. The van der Waals surface area contributed by atoms with E-state index in [2.05, 4.69) is 10.6 Å². The predicted octanol–water partition coefficient (Wildman–Crippen LogP) is 4.73. The van der Waals surface area contributed by atoms with Gasteiger partial charge in [-0.25, -0.2) is 14.5 Å². The maximum absolute atomic E-state index is 13.2. The zero-order valence-electron chi connectivity index (χ0n) is 21.7. The van der Waals surface area contributed by atoms with Crippen LogP contribution in [0.25, 0.3) is 0 Å². The molecule has 1 heterocycles. The molecule has 10 nitrogen and oxygen atoms in total. The number of methoxy groups -OCH3 is 1. The molecule has 2 N–H and O–H groups in total. The van der Waals surface area contributed by atoms with Crippen molar-refractivity contribution in [3.8, 4) is 0 Å². The van der Waals surface area contributed by atoms with Crippen molar-refractivity contribution in [2.75, 3.05) is 22.6 Å². The lowest BCUT2D eigenvalue weighted by molar-refractivity contribution is -0.120. The first kappa shape index (κ1) is 28.1. The van der Waals surface area contributed by atoms with Crippen molar-refractivity contribution >= 4 is 58.3 Å². The maximum Gasteiger partial charge on any atom is 0.338 e. The summed E-state index contributed by atoms with van der Waals surface area (Å²) in [5.74, 6) is -2.99. The van der Waals surface area contributed by atoms with E-state index in [1.165, 1.54) is 43.5 Å². The lowest BCUT2D eigenvalue weighted by atomic mass is 10.1. The second kappa shape index (κ2) is 11.8. The number of esters is 2. The van der Waals surface area contributed by atoms with Crippen LogP contribution in [-0.4, -0.2) is 42.9 Å². The minimum absolute atomic E-state index is 0.168. The van der Waals surface area contributed by atoms with Gasteiger partial charge in [-0.1, -0.05) is 23.7 Å². The highest BCUT2D eigenvalue weighted by atomic mass is 35.5. The quantitative estimate of drug-likeness (QED) is 0.298. The SMILES string of the molecule is COC(=O)c1cccc(NC(=O)c2cccc(NC3=C(Cl)C(=O)N(c4ccc(C(=O)OC(C)C)cc4)C3=O)c2)c1. The van der Waals surface area contributed by atoms with E-state index in [1.807, 2.05) is 0 Å². The number of hydrogen-bond donors (Lipinski definition) is 2. The summed E-state index contributed by atoms with van der Waals surface area (Å²) in [5.41, 5.74) is 1.54. The first-order valence-corrected chi connectivity index (χ1v) is 12.4. The Morgan fingerprint density at radius 3 is 2.08 bits per heavy atom. The van der Waals surface area contributed by atoms with E-state index in [9.17, 15) is 24.0 Å². The molecule has 0 spiro atoms. The topological polar surface area (TPSA) is 131 Å². The van der Waals surface area contributed by atoms with Gasteiger partial charge in [-0.3, -0.25) is 14.4 Å². The number of benzene rings is 3. The van der Waals surface area contributed by atoms with Gasteiger partial charge >= 0.3 is 11.9 Å². The molecule has 40 heavy (non-hydrogen) atoms. The molecule has 0 radical (unpaired) electrons. The summed E-state index contributed by atoms with van der Waals surface area (Å²) in [5, 5.41) is 5.20. The summed E-state index contributed by atoms with van der Waals surface area (Å²) in [6, 6.07) is 18.3. The predicted molar refractivity (Wildman–Crippen MR) is 148 cm³/mol. The van der Waals surface area contributed by atoms with Crippen LogP contribution in [0.2, 0.25) is 0 Å². The number of nitrogens with one attached hydrogen (secondary N) is 2. The molecule has 204 valence electrons. The van der Waals surface area contributed by atoms with E-state index in [1.54, 1.807) is 50.2 Å². The van der Waals surface area contributed by atoms with Crippen LogP contribution in [0.4, 0.5) is 17.1 Å². The summed E-state index contributed by atoms with van der Waals surface area (Å²) in [6.45, 7) is 3.45. The molecule has 0 saturated heterocycles. The molecule has 0 saturated carbocycles. The van der Waals surface area contributed by atoms with Crippen LogP contribution in [0.1, 0.15) is 44.9 Å². The third-order valence-corrected chi connectivity index (χ3v) is 6.02. The first-order chi connectivity index (χ1) is 19.1. The highest BCUT2D eigenvalue weighted by Gasteiger charge is 2.39. The fourth-order valence-corrected chi connectivity index (χ4v) is 4.01. The van der Waals surface area contributed by atoms with Crippen LogP contribution in [0.3, 0.4) is 0 Å². The van der Waals surface area contributed by atoms with Gasteiger partial charge in [0.25, 0.3) is 17.7 Å². The smallest absolute Gasteiger partial charge is 0.338 e. The number of carbonyl (C=O) groups excluding carboxylic acids is 5. The van der Waals surface area contributed by atoms with Gasteiger partial charge in [0.15, 0.2) is 0 Å². The molecule has 1 aliphatic heterocycles. The number of halogens is 1. The Hall–Kier alpha value is -4.96. The maximum atomic E-state index is 13.2. The number of anilines is 3. The van der Waals surface area contributed by atoms with Gasteiger partial charge < -0.3 is 20.1 Å². The van der Waals surface area contributed by atoms with Crippen molar-refractivity contribution in [2.45, 2.75) is 20.0 Å². The molecule has 1 aliphatic rings. The summed E-state index contributed by atoms with van der Waals surface area (Å²) < 4.78 is 9.85. The zero-order chi connectivity index (χ0) is 29.0. The van der Waals surface area contributed by atoms with Gasteiger partial charge in [0.05, 0.1) is 30.0 Å². The fraction of sp³-hybridized carbons (Fsp3) is 0.138. The zero-order valence-corrected chi connectivity index (χ0v) is 22.4. The van der Waals surface area contributed by atoms with Gasteiger partial charge in [0, 0.05) is 16.9 Å². The summed E-state index contributed by atoms with van der Waals surface area (Å²) in [6.07, 6.45) is -0.298. The Morgan fingerprint density at radius 2 is 1.43 bits per heavy atom. The third-order valence-electron chi connectivity index (χ3n) is 5.67. The van der Waals surface area contributed by atoms with Crippen molar-refractivity contribution in [2.24, 2.45) is 0 Å². The van der Waals surface area contributed by atoms with Crippen molar-refractivity contribution < 1.29 is 33.4 Å². The Kier molecular flexibility index (Phi) is 8.30. The molecule has 0 atom stereocenters. The number of imide groups is 1.